The molecule has 1 amide bonds. The summed E-state index contributed by atoms with van der Waals surface area (Å²) < 4.78 is 21.3. The number of primary amides is 1. The van der Waals surface area contributed by atoms with Crippen LogP contribution in [-0.4, -0.2) is 25.7 Å². The van der Waals surface area contributed by atoms with E-state index in [0.717, 1.165) is 10.9 Å². The Hall–Kier alpha value is -4.33. The fourth-order valence-electron chi connectivity index (χ4n) is 3.79. The number of carbonyl (C=O) groups is 1. The van der Waals surface area contributed by atoms with E-state index in [9.17, 15) is 9.18 Å². The van der Waals surface area contributed by atoms with Crippen LogP contribution in [0.4, 0.5) is 4.39 Å². The maximum atomic E-state index is 13.6. The smallest absolute Gasteiger partial charge is 0.230 e. The molecule has 0 saturated heterocycles. The van der Waals surface area contributed by atoms with Gasteiger partial charge in [0, 0.05) is 22.9 Å². The molecule has 0 aliphatic rings. The van der Waals surface area contributed by atoms with Crippen LogP contribution in [0.3, 0.4) is 0 Å². The van der Waals surface area contributed by atoms with E-state index in [1.54, 1.807) is 30.7 Å². The molecule has 0 aliphatic heterocycles. The Morgan fingerprint density at radius 1 is 1.03 bits per heavy atom. The number of fused-ring (bicyclic) bond motifs is 1. The summed E-state index contributed by atoms with van der Waals surface area (Å²) in [5.41, 5.74) is 8.77. The molecular formula is C26H22FN5O2. The maximum Gasteiger partial charge on any atom is 0.230 e. The molecule has 2 aromatic carbocycles. The molecule has 3 aromatic heterocycles. The van der Waals surface area contributed by atoms with E-state index in [1.807, 2.05) is 42.6 Å². The van der Waals surface area contributed by atoms with Gasteiger partial charge in [0.25, 0.3) is 0 Å². The number of nitrogens with zero attached hydrogens (tertiary/aromatic N) is 4. The number of carbonyl (C=O) groups excluding carboxylic acids is 1. The molecule has 0 spiro atoms. The van der Waals surface area contributed by atoms with Gasteiger partial charge in [-0.3, -0.25) is 9.48 Å². The number of halogens is 1. The molecule has 0 radical (unpaired) electrons. The van der Waals surface area contributed by atoms with Crippen LogP contribution in [0.15, 0.2) is 77.6 Å². The van der Waals surface area contributed by atoms with Crippen molar-refractivity contribution in [1.82, 2.24) is 19.7 Å². The van der Waals surface area contributed by atoms with Gasteiger partial charge in [0.05, 0.1) is 23.0 Å². The Balaban J connectivity index is 1.68. The van der Waals surface area contributed by atoms with Gasteiger partial charge in [-0.1, -0.05) is 30.3 Å². The second-order valence-corrected chi connectivity index (χ2v) is 8.76. The standard InChI is InChI=1S/C26H22FN5O2/c1-26(2,25(28)33)14-32-13-20(22(31-32)17-8-10-18(27)11-9-17)23-19-12-21(16-6-4-3-5-7-16)34-24(19)30-15-29-23/h3-13,15H,14H2,1-2H3,(H2,28,33). The van der Waals surface area contributed by atoms with Gasteiger partial charge in [-0.2, -0.15) is 5.10 Å². The molecule has 0 bridgehead atoms. The van der Waals surface area contributed by atoms with E-state index in [2.05, 4.69) is 9.97 Å². The Morgan fingerprint density at radius 2 is 1.76 bits per heavy atom. The summed E-state index contributed by atoms with van der Waals surface area (Å²) in [5.74, 6) is -0.103. The first kappa shape index (κ1) is 21.5. The van der Waals surface area contributed by atoms with Crippen molar-refractivity contribution in [1.29, 1.82) is 0 Å². The number of hydrogen-bond donors (Lipinski definition) is 1. The molecule has 5 aromatic rings. The largest absolute Gasteiger partial charge is 0.438 e. The number of furan rings is 1. The van der Waals surface area contributed by atoms with Crippen molar-refractivity contribution in [3.63, 3.8) is 0 Å². The predicted octanol–water partition coefficient (Wildman–Crippen LogP) is 5.07. The average molecular weight is 455 g/mol. The number of amides is 1. The fraction of sp³-hybridized carbons (Fsp3) is 0.154. The van der Waals surface area contributed by atoms with Crippen molar-refractivity contribution >= 4 is 17.0 Å². The highest BCUT2D eigenvalue weighted by Gasteiger charge is 2.27. The summed E-state index contributed by atoms with van der Waals surface area (Å²) in [6.07, 6.45) is 3.26. The lowest BCUT2D eigenvalue weighted by atomic mass is 9.93. The van der Waals surface area contributed by atoms with Crippen molar-refractivity contribution in [2.24, 2.45) is 11.1 Å². The van der Waals surface area contributed by atoms with Crippen molar-refractivity contribution < 1.29 is 13.6 Å². The zero-order valence-electron chi connectivity index (χ0n) is 18.7. The number of aromatic nitrogens is 4. The second-order valence-electron chi connectivity index (χ2n) is 8.76. The van der Waals surface area contributed by atoms with Crippen LogP contribution in [0, 0.1) is 11.2 Å². The first-order valence-corrected chi connectivity index (χ1v) is 10.8. The zero-order chi connectivity index (χ0) is 23.9. The highest BCUT2D eigenvalue weighted by Crippen LogP contribution is 2.37. The average Bonchev–Trinajstić information content (AvgIpc) is 3.44. The third kappa shape index (κ3) is 3.94. The summed E-state index contributed by atoms with van der Waals surface area (Å²) in [7, 11) is 0. The minimum atomic E-state index is -0.819. The maximum absolute atomic E-state index is 13.6. The molecule has 2 N–H and O–H groups in total. The van der Waals surface area contributed by atoms with Crippen LogP contribution in [0.25, 0.3) is 44.9 Å². The van der Waals surface area contributed by atoms with Gasteiger partial charge in [0.2, 0.25) is 11.6 Å². The molecule has 0 aliphatic carbocycles. The van der Waals surface area contributed by atoms with E-state index in [0.29, 0.717) is 34.0 Å². The zero-order valence-corrected chi connectivity index (χ0v) is 18.7. The molecule has 0 saturated carbocycles. The number of hydrogen-bond acceptors (Lipinski definition) is 5. The molecule has 3 heterocycles. The van der Waals surface area contributed by atoms with E-state index in [-0.39, 0.29) is 12.4 Å². The van der Waals surface area contributed by atoms with Crippen molar-refractivity contribution in [3.8, 4) is 33.8 Å². The number of benzene rings is 2. The van der Waals surface area contributed by atoms with Gasteiger partial charge in [0.15, 0.2) is 0 Å². The van der Waals surface area contributed by atoms with E-state index >= 15 is 0 Å². The van der Waals surface area contributed by atoms with Gasteiger partial charge >= 0.3 is 0 Å². The first-order chi connectivity index (χ1) is 16.3. The van der Waals surface area contributed by atoms with Gasteiger partial charge < -0.3 is 10.2 Å². The molecular weight excluding hydrogens is 433 g/mol. The summed E-state index contributed by atoms with van der Waals surface area (Å²) in [6.45, 7) is 3.80. The van der Waals surface area contributed by atoms with E-state index < -0.39 is 11.3 Å². The topological polar surface area (TPSA) is 99.8 Å². The van der Waals surface area contributed by atoms with E-state index in [4.69, 9.17) is 15.2 Å². The van der Waals surface area contributed by atoms with Gasteiger partial charge in [-0.25, -0.2) is 14.4 Å². The van der Waals surface area contributed by atoms with Gasteiger partial charge in [-0.15, -0.1) is 0 Å². The van der Waals surface area contributed by atoms with E-state index in [1.165, 1.54) is 18.5 Å². The Morgan fingerprint density at radius 3 is 2.47 bits per heavy atom. The molecule has 7 nitrogen and oxygen atoms in total. The fourth-order valence-corrected chi connectivity index (χ4v) is 3.79. The minimum absolute atomic E-state index is 0.269. The lowest BCUT2D eigenvalue weighted by Gasteiger charge is -2.19. The second kappa shape index (κ2) is 8.22. The van der Waals surface area contributed by atoms with Crippen molar-refractivity contribution in [2.45, 2.75) is 20.4 Å². The van der Waals surface area contributed by atoms with Crippen molar-refractivity contribution in [2.75, 3.05) is 0 Å². The minimum Gasteiger partial charge on any atom is -0.438 e. The van der Waals surface area contributed by atoms with Crippen LogP contribution in [-0.2, 0) is 11.3 Å². The van der Waals surface area contributed by atoms with Crippen LogP contribution in [0.1, 0.15) is 13.8 Å². The molecule has 0 unspecified atom stereocenters. The number of nitrogens with two attached hydrogens (primary N) is 1. The van der Waals surface area contributed by atoms with Crippen LogP contribution >= 0.6 is 0 Å². The predicted molar refractivity (Wildman–Crippen MR) is 127 cm³/mol. The summed E-state index contributed by atoms with van der Waals surface area (Å²) >= 11 is 0. The molecule has 0 fully saturated rings. The van der Waals surface area contributed by atoms with Gasteiger partial charge in [0.1, 0.15) is 23.6 Å². The molecule has 34 heavy (non-hydrogen) atoms. The Kier molecular flexibility index (Phi) is 5.20. The third-order valence-corrected chi connectivity index (χ3v) is 5.75. The van der Waals surface area contributed by atoms with Crippen molar-refractivity contribution in [3.05, 3.63) is 79.0 Å². The highest BCUT2D eigenvalue weighted by molar-refractivity contribution is 5.96. The number of rotatable bonds is 6. The Bertz CT molecular complexity index is 1490. The van der Waals surface area contributed by atoms with Crippen LogP contribution in [0.5, 0.6) is 0 Å². The van der Waals surface area contributed by atoms with Gasteiger partial charge in [-0.05, 0) is 44.2 Å². The van der Waals surface area contributed by atoms with Crippen LogP contribution in [0.2, 0.25) is 0 Å². The summed E-state index contributed by atoms with van der Waals surface area (Å²) in [4.78, 5) is 20.8. The lowest BCUT2D eigenvalue weighted by Crippen LogP contribution is -2.35. The Labute approximate surface area is 195 Å². The summed E-state index contributed by atoms with van der Waals surface area (Å²) in [6, 6.07) is 17.7. The third-order valence-electron chi connectivity index (χ3n) is 5.75. The molecule has 5 rings (SSSR count). The lowest BCUT2D eigenvalue weighted by molar-refractivity contribution is -0.126. The SMILES string of the molecule is CC(C)(Cn1cc(-c2ncnc3oc(-c4ccccc4)cc23)c(-c2ccc(F)cc2)n1)C(N)=O. The normalized spacial score (nSPS) is 11.7. The summed E-state index contributed by atoms with van der Waals surface area (Å²) in [5, 5.41) is 5.44. The monoisotopic (exact) mass is 455 g/mol. The quantitative estimate of drug-likeness (QED) is 0.385. The highest BCUT2D eigenvalue weighted by atomic mass is 19.1. The first-order valence-electron chi connectivity index (χ1n) is 10.8. The van der Waals surface area contributed by atoms with Crippen LogP contribution < -0.4 is 5.73 Å². The molecule has 0 atom stereocenters. The molecule has 170 valence electrons. The molecule has 8 heteroatoms.